The molecule has 6 heteroatoms. The molecule has 0 bridgehead atoms. The predicted molar refractivity (Wildman–Crippen MR) is 127 cm³/mol. The van der Waals surface area contributed by atoms with E-state index in [1.165, 1.54) is 16.5 Å². The third kappa shape index (κ3) is 3.65. The van der Waals surface area contributed by atoms with E-state index in [9.17, 15) is 4.79 Å². The van der Waals surface area contributed by atoms with E-state index >= 15 is 0 Å². The summed E-state index contributed by atoms with van der Waals surface area (Å²) in [4.78, 5) is 17.9. The zero-order valence-corrected chi connectivity index (χ0v) is 19.0. The number of morpholine rings is 1. The molecule has 160 valence electrons. The van der Waals surface area contributed by atoms with Crippen LogP contribution >= 0.6 is 11.3 Å². The number of carbonyl (C=O) groups is 1. The van der Waals surface area contributed by atoms with Crippen LogP contribution in [0.3, 0.4) is 0 Å². The molecule has 31 heavy (non-hydrogen) atoms. The van der Waals surface area contributed by atoms with Gasteiger partial charge in [0.05, 0.1) is 17.6 Å². The average molecular weight is 434 g/mol. The molecule has 2 aromatic carbocycles. The van der Waals surface area contributed by atoms with Crippen LogP contribution in [-0.2, 0) is 18.3 Å². The molecular formula is C25H27N3O2S. The molecule has 1 amide bonds. The molecule has 0 radical (unpaired) electrons. The van der Waals surface area contributed by atoms with E-state index in [-0.39, 0.29) is 12.0 Å². The van der Waals surface area contributed by atoms with Crippen molar-refractivity contribution < 1.29 is 9.53 Å². The van der Waals surface area contributed by atoms with E-state index in [4.69, 9.17) is 4.74 Å². The van der Waals surface area contributed by atoms with Gasteiger partial charge < -0.3 is 14.2 Å². The summed E-state index contributed by atoms with van der Waals surface area (Å²) in [7, 11) is 5.72. The Hall–Kier alpha value is -2.67. The van der Waals surface area contributed by atoms with Crippen LogP contribution < -0.4 is 0 Å². The number of hydrogen-bond donors (Lipinski definition) is 0. The largest absolute Gasteiger partial charge is 0.371 e. The Morgan fingerprint density at radius 1 is 1.13 bits per heavy atom. The summed E-state index contributed by atoms with van der Waals surface area (Å²) in [5.74, 6) is 0.0472. The Labute approximate surface area is 186 Å². The Kier molecular flexibility index (Phi) is 5.30. The molecule has 0 spiro atoms. The summed E-state index contributed by atoms with van der Waals surface area (Å²) in [5, 5.41) is 2.44. The van der Waals surface area contributed by atoms with E-state index in [2.05, 4.69) is 59.1 Å². The van der Waals surface area contributed by atoms with Gasteiger partial charge in [-0.15, -0.1) is 11.3 Å². The van der Waals surface area contributed by atoms with Gasteiger partial charge in [-0.3, -0.25) is 9.69 Å². The topological polar surface area (TPSA) is 37.7 Å². The average Bonchev–Trinajstić information content (AvgIpc) is 3.32. The fraction of sp³-hybridized carbons (Fsp3) is 0.320. The van der Waals surface area contributed by atoms with Gasteiger partial charge in [0.1, 0.15) is 0 Å². The molecular weight excluding hydrogens is 406 g/mol. The lowest BCUT2D eigenvalue weighted by molar-refractivity contribution is -0.0322. The first kappa shape index (κ1) is 20.2. The molecule has 5 nitrogen and oxygen atoms in total. The van der Waals surface area contributed by atoms with E-state index in [0.29, 0.717) is 6.61 Å². The first-order valence-corrected chi connectivity index (χ1v) is 11.4. The van der Waals surface area contributed by atoms with Crippen LogP contribution in [0.1, 0.15) is 26.9 Å². The summed E-state index contributed by atoms with van der Waals surface area (Å²) in [6.45, 7) is 3.20. The highest BCUT2D eigenvalue weighted by Gasteiger charge is 2.30. The first-order chi connectivity index (χ1) is 15.0. The van der Waals surface area contributed by atoms with Gasteiger partial charge in [0.15, 0.2) is 0 Å². The minimum absolute atomic E-state index is 0.0472. The number of thiophene rings is 1. The molecule has 0 saturated carbocycles. The predicted octanol–water partition coefficient (Wildman–Crippen LogP) is 4.67. The van der Waals surface area contributed by atoms with E-state index < -0.39 is 0 Å². The normalized spacial score (nSPS) is 17.5. The fourth-order valence-electron chi connectivity index (χ4n) is 4.56. The lowest BCUT2D eigenvalue weighted by Gasteiger charge is -2.33. The van der Waals surface area contributed by atoms with Crippen molar-refractivity contribution in [2.45, 2.75) is 12.6 Å². The molecule has 4 aromatic rings. The standard InChI is InChI=1S/C25H27N3O2S/c1-26(2)25(29)24-23(19-9-5-7-11-22(19)31-24)21-16-28(12-13-30-21)15-17-14-27(3)20-10-6-4-8-18(17)20/h4-11,14,21H,12-13,15-16H2,1-3H3/t21-/m1/s1. The molecule has 1 aliphatic rings. The van der Waals surface area contributed by atoms with Crippen LogP contribution in [0, 0.1) is 0 Å². The molecule has 5 rings (SSSR count). The number of benzene rings is 2. The van der Waals surface area contributed by atoms with Gasteiger partial charge in [-0.1, -0.05) is 36.4 Å². The Morgan fingerprint density at radius 2 is 1.87 bits per heavy atom. The molecule has 0 unspecified atom stereocenters. The summed E-state index contributed by atoms with van der Waals surface area (Å²) in [6, 6.07) is 16.8. The Balaban J connectivity index is 1.47. The zero-order chi connectivity index (χ0) is 21.5. The van der Waals surface area contributed by atoms with Crippen LogP contribution in [0.15, 0.2) is 54.7 Å². The molecule has 0 aliphatic carbocycles. The van der Waals surface area contributed by atoms with Crippen molar-refractivity contribution in [2.24, 2.45) is 7.05 Å². The number of para-hydroxylation sites is 1. The number of fused-ring (bicyclic) bond motifs is 2. The van der Waals surface area contributed by atoms with Gasteiger partial charge in [-0.25, -0.2) is 0 Å². The van der Waals surface area contributed by atoms with E-state index in [0.717, 1.165) is 40.2 Å². The monoisotopic (exact) mass is 433 g/mol. The molecule has 0 N–H and O–H groups in total. The molecule has 1 fully saturated rings. The van der Waals surface area contributed by atoms with Crippen molar-refractivity contribution >= 4 is 38.2 Å². The summed E-state index contributed by atoms with van der Waals surface area (Å²) < 4.78 is 9.58. The Bertz CT molecular complexity index is 1260. The van der Waals surface area contributed by atoms with E-state index in [1.807, 2.05) is 26.2 Å². The van der Waals surface area contributed by atoms with Crippen molar-refractivity contribution in [1.82, 2.24) is 14.4 Å². The van der Waals surface area contributed by atoms with Crippen molar-refractivity contribution in [3.8, 4) is 0 Å². The highest BCUT2D eigenvalue weighted by atomic mass is 32.1. The smallest absolute Gasteiger partial charge is 0.263 e. The van der Waals surface area contributed by atoms with Crippen molar-refractivity contribution in [3.05, 3.63) is 70.7 Å². The van der Waals surface area contributed by atoms with Gasteiger partial charge in [-0.2, -0.15) is 0 Å². The maximum atomic E-state index is 13.0. The van der Waals surface area contributed by atoms with Crippen LogP contribution in [0.2, 0.25) is 0 Å². The quantitative estimate of drug-likeness (QED) is 0.469. The highest BCUT2D eigenvalue weighted by molar-refractivity contribution is 7.21. The second-order valence-electron chi connectivity index (χ2n) is 8.42. The van der Waals surface area contributed by atoms with Gasteiger partial charge in [-0.05, 0) is 23.1 Å². The summed E-state index contributed by atoms with van der Waals surface area (Å²) in [5.41, 5.74) is 3.63. The number of nitrogens with zero attached hydrogens (tertiary/aromatic N) is 3. The minimum atomic E-state index is -0.112. The van der Waals surface area contributed by atoms with Gasteiger partial charge in [0, 0.05) is 68.1 Å². The van der Waals surface area contributed by atoms with Crippen molar-refractivity contribution in [2.75, 3.05) is 33.8 Å². The van der Waals surface area contributed by atoms with Crippen LogP contribution in [0.5, 0.6) is 0 Å². The van der Waals surface area contributed by atoms with Crippen LogP contribution in [0.4, 0.5) is 0 Å². The van der Waals surface area contributed by atoms with Crippen molar-refractivity contribution in [3.63, 3.8) is 0 Å². The number of aryl methyl sites for hydroxylation is 1. The second kappa shape index (κ2) is 8.11. The van der Waals surface area contributed by atoms with Gasteiger partial charge >= 0.3 is 0 Å². The highest BCUT2D eigenvalue weighted by Crippen LogP contribution is 2.39. The lowest BCUT2D eigenvalue weighted by Crippen LogP contribution is -2.38. The Morgan fingerprint density at radius 3 is 2.68 bits per heavy atom. The van der Waals surface area contributed by atoms with Crippen LogP contribution in [0.25, 0.3) is 21.0 Å². The van der Waals surface area contributed by atoms with Gasteiger partial charge in [0.2, 0.25) is 0 Å². The maximum Gasteiger partial charge on any atom is 0.263 e. The first-order valence-electron chi connectivity index (χ1n) is 10.6. The third-order valence-electron chi connectivity index (χ3n) is 6.08. The molecule has 3 heterocycles. The third-order valence-corrected chi connectivity index (χ3v) is 7.25. The summed E-state index contributed by atoms with van der Waals surface area (Å²) >= 11 is 1.57. The second-order valence-corrected chi connectivity index (χ2v) is 9.47. The molecule has 1 aliphatic heterocycles. The maximum absolute atomic E-state index is 13.0. The number of rotatable bonds is 4. The number of amides is 1. The molecule has 1 saturated heterocycles. The summed E-state index contributed by atoms with van der Waals surface area (Å²) in [6.07, 6.45) is 2.12. The molecule has 1 atom stereocenters. The van der Waals surface area contributed by atoms with Crippen LogP contribution in [-0.4, -0.2) is 54.1 Å². The number of ether oxygens (including phenoxy) is 1. The number of aromatic nitrogens is 1. The SMILES string of the molecule is CN(C)C(=O)c1sc2ccccc2c1[C@H]1CN(Cc2cn(C)c3ccccc23)CCO1. The molecule has 2 aromatic heterocycles. The van der Waals surface area contributed by atoms with Gasteiger partial charge in [0.25, 0.3) is 5.91 Å². The van der Waals surface area contributed by atoms with Crippen molar-refractivity contribution in [1.29, 1.82) is 0 Å². The fourth-order valence-corrected chi connectivity index (χ4v) is 5.84. The minimum Gasteiger partial charge on any atom is -0.371 e. The number of hydrogen-bond acceptors (Lipinski definition) is 4. The lowest BCUT2D eigenvalue weighted by atomic mass is 10.0. The zero-order valence-electron chi connectivity index (χ0n) is 18.2. The number of carbonyl (C=O) groups excluding carboxylic acids is 1. The van der Waals surface area contributed by atoms with E-state index in [1.54, 1.807) is 16.2 Å².